The maximum atomic E-state index is 12.4. The fourth-order valence-corrected chi connectivity index (χ4v) is 3.46. The van der Waals surface area contributed by atoms with Gasteiger partial charge in [0.05, 0.1) is 0 Å². The van der Waals surface area contributed by atoms with E-state index >= 15 is 0 Å². The van der Waals surface area contributed by atoms with Crippen LogP contribution in [0.2, 0.25) is 5.02 Å². The molecular formula is C18H27ClIN5O. The van der Waals surface area contributed by atoms with Crippen molar-refractivity contribution in [1.29, 1.82) is 0 Å². The molecule has 2 aliphatic rings. The number of aliphatic imine (C=N–C) groups is 1. The predicted octanol–water partition coefficient (Wildman–Crippen LogP) is 2.41. The molecule has 2 N–H and O–H groups in total. The van der Waals surface area contributed by atoms with Gasteiger partial charge in [-0.25, -0.2) is 4.99 Å². The summed E-state index contributed by atoms with van der Waals surface area (Å²) in [4.78, 5) is 22.9. The van der Waals surface area contributed by atoms with E-state index in [9.17, 15) is 4.79 Å². The summed E-state index contributed by atoms with van der Waals surface area (Å²) in [6.45, 7) is 5.09. The highest BCUT2D eigenvalue weighted by atomic mass is 127. The SMILES string of the molecule is I.NC(=NCC(=O)N1CCN(c2ccc(Cl)cc2)CC1)N1CCCCC1. The molecule has 6 nitrogen and oxygen atoms in total. The molecule has 1 aromatic carbocycles. The number of amides is 1. The molecule has 0 atom stereocenters. The summed E-state index contributed by atoms with van der Waals surface area (Å²) in [7, 11) is 0. The van der Waals surface area contributed by atoms with Gasteiger partial charge in [0.25, 0.3) is 0 Å². The van der Waals surface area contributed by atoms with Crippen molar-refractivity contribution in [2.75, 3.05) is 50.7 Å². The van der Waals surface area contributed by atoms with Gasteiger partial charge >= 0.3 is 0 Å². The van der Waals surface area contributed by atoms with E-state index in [-0.39, 0.29) is 36.4 Å². The first-order valence-corrected chi connectivity index (χ1v) is 9.34. The van der Waals surface area contributed by atoms with Crippen LogP contribution in [-0.2, 0) is 4.79 Å². The Morgan fingerprint density at radius 2 is 1.58 bits per heavy atom. The van der Waals surface area contributed by atoms with Crippen molar-refractivity contribution in [1.82, 2.24) is 9.80 Å². The second-order valence-electron chi connectivity index (χ2n) is 6.57. The molecule has 144 valence electrons. The van der Waals surface area contributed by atoms with Crippen LogP contribution in [0.3, 0.4) is 0 Å². The first-order valence-electron chi connectivity index (χ1n) is 8.96. The van der Waals surface area contributed by atoms with Gasteiger partial charge in [-0.3, -0.25) is 4.79 Å². The number of guanidine groups is 1. The van der Waals surface area contributed by atoms with Crippen molar-refractivity contribution in [3.05, 3.63) is 29.3 Å². The number of nitrogens with zero attached hydrogens (tertiary/aromatic N) is 4. The first-order chi connectivity index (χ1) is 12.1. The van der Waals surface area contributed by atoms with Crippen molar-refractivity contribution >= 4 is 53.1 Å². The Morgan fingerprint density at radius 1 is 0.962 bits per heavy atom. The summed E-state index contributed by atoms with van der Waals surface area (Å²) >= 11 is 5.93. The van der Waals surface area contributed by atoms with Gasteiger partial charge in [-0.2, -0.15) is 0 Å². The minimum Gasteiger partial charge on any atom is -0.370 e. The average molecular weight is 492 g/mol. The number of benzene rings is 1. The number of carbonyl (C=O) groups excluding carboxylic acids is 1. The second kappa shape index (κ2) is 10.2. The van der Waals surface area contributed by atoms with E-state index in [1.165, 1.54) is 6.42 Å². The number of anilines is 1. The van der Waals surface area contributed by atoms with Gasteiger partial charge in [-0.05, 0) is 43.5 Å². The lowest BCUT2D eigenvalue weighted by Crippen LogP contribution is -2.49. The third-order valence-corrected chi connectivity index (χ3v) is 5.13. The van der Waals surface area contributed by atoms with Gasteiger partial charge in [-0.1, -0.05) is 11.6 Å². The minimum atomic E-state index is 0. The average Bonchev–Trinajstić information content (AvgIpc) is 2.67. The molecule has 8 heteroatoms. The number of carbonyl (C=O) groups is 1. The molecule has 0 spiro atoms. The lowest BCUT2D eigenvalue weighted by molar-refractivity contribution is -0.129. The van der Waals surface area contributed by atoms with Crippen molar-refractivity contribution in [3.63, 3.8) is 0 Å². The van der Waals surface area contributed by atoms with Crippen LogP contribution in [0.5, 0.6) is 0 Å². The van der Waals surface area contributed by atoms with Crippen LogP contribution < -0.4 is 10.6 Å². The smallest absolute Gasteiger partial charge is 0.244 e. The Labute approximate surface area is 177 Å². The van der Waals surface area contributed by atoms with Gasteiger partial charge in [0.1, 0.15) is 6.54 Å². The van der Waals surface area contributed by atoms with Crippen molar-refractivity contribution in [3.8, 4) is 0 Å². The van der Waals surface area contributed by atoms with Gasteiger partial charge in [-0.15, -0.1) is 24.0 Å². The van der Waals surface area contributed by atoms with Crippen LogP contribution >= 0.6 is 35.6 Å². The normalized spacial score (nSPS) is 18.5. The molecule has 1 amide bonds. The number of halogens is 2. The maximum Gasteiger partial charge on any atom is 0.244 e. The number of nitrogens with two attached hydrogens (primary N) is 1. The second-order valence-corrected chi connectivity index (χ2v) is 7.00. The quantitative estimate of drug-likeness (QED) is 0.401. The summed E-state index contributed by atoms with van der Waals surface area (Å²) in [6, 6.07) is 7.83. The summed E-state index contributed by atoms with van der Waals surface area (Å²) in [5.41, 5.74) is 7.17. The van der Waals surface area contributed by atoms with Crippen LogP contribution in [0.4, 0.5) is 5.69 Å². The number of piperazine rings is 1. The Morgan fingerprint density at radius 3 is 2.19 bits per heavy atom. The zero-order chi connectivity index (χ0) is 17.6. The van der Waals surface area contributed by atoms with Crippen molar-refractivity contribution < 1.29 is 4.79 Å². The molecule has 3 rings (SSSR count). The van der Waals surface area contributed by atoms with E-state index in [4.69, 9.17) is 17.3 Å². The van der Waals surface area contributed by atoms with Gasteiger partial charge in [0, 0.05) is 50.0 Å². The molecular weight excluding hydrogens is 465 g/mol. The van der Waals surface area contributed by atoms with Gasteiger partial charge in [0.2, 0.25) is 5.91 Å². The standard InChI is InChI=1S/C18H26ClN5O.HI/c19-15-4-6-16(7-5-15)22-10-12-23(13-11-22)17(25)14-21-18(20)24-8-2-1-3-9-24;/h4-7H,1-3,8-14H2,(H2,20,21);1H. The van der Waals surface area contributed by atoms with Gasteiger partial charge in [0.15, 0.2) is 5.96 Å². The molecule has 1 aromatic rings. The first kappa shape index (κ1) is 21.1. The molecule has 2 aliphatic heterocycles. The topological polar surface area (TPSA) is 65.2 Å². The van der Waals surface area contributed by atoms with E-state index in [0.717, 1.165) is 49.7 Å². The number of rotatable bonds is 3. The lowest BCUT2D eigenvalue weighted by Gasteiger charge is -2.36. The lowest BCUT2D eigenvalue weighted by atomic mass is 10.1. The van der Waals surface area contributed by atoms with Gasteiger partial charge < -0.3 is 20.4 Å². The Kier molecular flexibility index (Phi) is 8.27. The zero-order valence-electron chi connectivity index (χ0n) is 14.9. The van der Waals surface area contributed by atoms with E-state index < -0.39 is 0 Å². The molecule has 0 aliphatic carbocycles. The highest BCUT2D eigenvalue weighted by molar-refractivity contribution is 14.0. The fourth-order valence-electron chi connectivity index (χ4n) is 3.34. The molecule has 0 aromatic heterocycles. The molecule has 2 fully saturated rings. The largest absolute Gasteiger partial charge is 0.370 e. The van der Waals surface area contributed by atoms with Crippen LogP contribution in [0.25, 0.3) is 0 Å². The minimum absolute atomic E-state index is 0. The van der Waals surface area contributed by atoms with Crippen LogP contribution in [0, 0.1) is 0 Å². The predicted molar refractivity (Wildman–Crippen MR) is 118 cm³/mol. The van der Waals surface area contributed by atoms with Crippen LogP contribution in [0.15, 0.2) is 29.3 Å². The van der Waals surface area contributed by atoms with Crippen molar-refractivity contribution in [2.45, 2.75) is 19.3 Å². The summed E-state index contributed by atoms with van der Waals surface area (Å²) in [5, 5.41) is 0.738. The number of piperidine rings is 1. The van der Waals surface area contributed by atoms with E-state index in [0.29, 0.717) is 19.0 Å². The molecule has 0 saturated carbocycles. The molecule has 26 heavy (non-hydrogen) atoms. The third kappa shape index (κ3) is 5.64. The summed E-state index contributed by atoms with van der Waals surface area (Å²) in [6.07, 6.45) is 3.55. The van der Waals surface area contributed by atoms with E-state index in [1.807, 2.05) is 29.2 Å². The highest BCUT2D eigenvalue weighted by Gasteiger charge is 2.21. The van der Waals surface area contributed by atoms with Crippen LogP contribution in [-0.4, -0.2) is 67.5 Å². The van der Waals surface area contributed by atoms with Crippen LogP contribution in [0.1, 0.15) is 19.3 Å². The van der Waals surface area contributed by atoms with E-state index in [1.54, 1.807) is 0 Å². The molecule has 2 heterocycles. The number of hydrogen-bond donors (Lipinski definition) is 1. The molecule has 0 unspecified atom stereocenters. The van der Waals surface area contributed by atoms with Crippen molar-refractivity contribution in [2.24, 2.45) is 10.7 Å². The zero-order valence-corrected chi connectivity index (χ0v) is 18.0. The van der Waals surface area contributed by atoms with E-state index in [2.05, 4.69) is 14.8 Å². The summed E-state index contributed by atoms with van der Waals surface area (Å²) < 4.78 is 0. The Hall–Kier alpha value is -1.22. The maximum absolute atomic E-state index is 12.4. The molecule has 0 bridgehead atoms. The summed E-state index contributed by atoms with van der Waals surface area (Å²) in [5.74, 6) is 0.559. The fraction of sp³-hybridized carbons (Fsp3) is 0.556. The molecule has 2 saturated heterocycles. The Balaban J connectivity index is 0.00000243. The monoisotopic (exact) mass is 491 g/mol. The number of hydrogen-bond acceptors (Lipinski definition) is 3. The highest BCUT2D eigenvalue weighted by Crippen LogP contribution is 2.19. The third-order valence-electron chi connectivity index (χ3n) is 4.88. The number of likely N-dealkylation sites (tertiary alicyclic amines) is 1. The Bertz CT molecular complexity index is 611. The molecule has 0 radical (unpaired) electrons.